The number of nitrogens with one attached hydrogen (secondary N) is 1. The predicted octanol–water partition coefficient (Wildman–Crippen LogP) is 2.52. The molecule has 0 saturated carbocycles. The molecular weight excluding hydrogens is 316 g/mol. The summed E-state index contributed by atoms with van der Waals surface area (Å²) < 4.78 is 20.5. The third-order valence-electron chi connectivity index (χ3n) is 2.88. The summed E-state index contributed by atoms with van der Waals surface area (Å²) in [4.78, 5) is 23.3. The highest BCUT2D eigenvalue weighted by Crippen LogP contribution is 2.28. The second-order valence-electron chi connectivity index (χ2n) is 5.94. The largest absolute Gasteiger partial charge is 0.473 e. The Hall–Kier alpha value is -2.77. The highest BCUT2D eigenvalue weighted by Gasteiger charge is 2.19. The molecule has 0 aliphatic heterocycles. The molecule has 2 aromatic rings. The lowest BCUT2D eigenvalue weighted by atomic mass is 10.1. The third-order valence-corrected chi connectivity index (χ3v) is 2.88. The maximum absolute atomic E-state index is 11.8. The number of benzene rings is 1. The molecule has 0 aliphatic rings. The van der Waals surface area contributed by atoms with Crippen LogP contribution in [0.2, 0.25) is 0 Å². The Labute approximate surface area is 139 Å². The fraction of sp³-hybridized carbons (Fsp3) is 0.438. The number of amides is 1. The van der Waals surface area contributed by atoms with Crippen LogP contribution in [0, 0.1) is 0 Å². The maximum Gasteiger partial charge on any atom is 0.407 e. The average Bonchev–Trinajstić information content (AvgIpc) is 2.92. The average molecular weight is 336 g/mol. The second kappa shape index (κ2) is 7.20. The van der Waals surface area contributed by atoms with Crippen molar-refractivity contribution < 1.29 is 28.3 Å². The molecule has 0 saturated heterocycles. The Morgan fingerprint density at radius 3 is 2.71 bits per heavy atom. The van der Waals surface area contributed by atoms with Gasteiger partial charge in [0.05, 0.1) is 24.6 Å². The molecule has 0 fully saturated rings. The van der Waals surface area contributed by atoms with Crippen molar-refractivity contribution in [2.45, 2.75) is 26.4 Å². The van der Waals surface area contributed by atoms with Crippen LogP contribution in [0.5, 0.6) is 5.88 Å². The minimum absolute atomic E-state index is 0.135. The molecule has 2 rings (SSSR count). The summed E-state index contributed by atoms with van der Waals surface area (Å²) in [7, 11) is 1.29. The SMILES string of the molecule is COC(=O)c1cccc2onc(OCCNC(=O)OC(C)(C)C)c12. The summed E-state index contributed by atoms with van der Waals surface area (Å²) in [5, 5.41) is 6.79. The molecule has 8 heteroatoms. The van der Waals surface area contributed by atoms with E-state index < -0.39 is 17.7 Å². The van der Waals surface area contributed by atoms with E-state index >= 15 is 0 Å². The number of esters is 1. The van der Waals surface area contributed by atoms with Gasteiger partial charge in [0.25, 0.3) is 5.88 Å². The number of hydrogen-bond acceptors (Lipinski definition) is 7. The number of nitrogens with zero attached hydrogens (tertiary/aromatic N) is 1. The van der Waals surface area contributed by atoms with Gasteiger partial charge in [-0.2, -0.15) is 0 Å². The Morgan fingerprint density at radius 1 is 1.29 bits per heavy atom. The molecule has 1 amide bonds. The minimum Gasteiger partial charge on any atom is -0.473 e. The van der Waals surface area contributed by atoms with Crippen molar-refractivity contribution in [3.63, 3.8) is 0 Å². The lowest BCUT2D eigenvalue weighted by Gasteiger charge is -2.19. The van der Waals surface area contributed by atoms with Crippen molar-refractivity contribution in [1.82, 2.24) is 10.5 Å². The monoisotopic (exact) mass is 336 g/mol. The number of aromatic nitrogens is 1. The molecule has 130 valence electrons. The van der Waals surface area contributed by atoms with Crippen LogP contribution in [-0.4, -0.2) is 43.1 Å². The smallest absolute Gasteiger partial charge is 0.407 e. The second-order valence-corrected chi connectivity index (χ2v) is 5.94. The molecule has 0 spiro atoms. The molecule has 0 bridgehead atoms. The molecule has 1 heterocycles. The zero-order valence-corrected chi connectivity index (χ0v) is 14.0. The molecule has 0 unspecified atom stereocenters. The minimum atomic E-state index is -0.567. The molecule has 0 radical (unpaired) electrons. The van der Waals surface area contributed by atoms with Gasteiger partial charge < -0.3 is 24.1 Å². The molecular formula is C16H20N2O6. The fourth-order valence-electron chi connectivity index (χ4n) is 1.96. The first-order valence-corrected chi connectivity index (χ1v) is 7.38. The fourth-order valence-corrected chi connectivity index (χ4v) is 1.96. The zero-order chi connectivity index (χ0) is 17.7. The van der Waals surface area contributed by atoms with E-state index in [1.54, 1.807) is 39.0 Å². The lowest BCUT2D eigenvalue weighted by molar-refractivity contribution is 0.0519. The topological polar surface area (TPSA) is 99.9 Å². The van der Waals surface area contributed by atoms with Gasteiger partial charge in [-0.1, -0.05) is 6.07 Å². The molecule has 8 nitrogen and oxygen atoms in total. The van der Waals surface area contributed by atoms with Gasteiger partial charge in [0.1, 0.15) is 12.2 Å². The van der Waals surface area contributed by atoms with Crippen molar-refractivity contribution in [1.29, 1.82) is 0 Å². The van der Waals surface area contributed by atoms with Gasteiger partial charge in [0, 0.05) is 0 Å². The summed E-state index contributed by atoms with van der Waals surface area (Å²) in [6, 6.07) is 4.92. The first kappa shape index (κ1) is 17.6. The van der Waals surface area contributed by atoms with Crippen LogP contribution in [0.25, 0.3) is 11.0 Å². The molecule has 1 aromatic heterocycles. The van der Waals surface area contributed by atoms with Crippen molar-refractivity contribution >= 4 is 23.0 Å². The number of methoxy groups -OCH3 is 1. The van der Waals surface area contributed by atoms with Crippen LogP contribution in [0.1, 0.15) is 31.1 Å². The summed E-state index contributed by atoms with van der Waals surface area (Å²) in [5.41, 5.74) is 0.141. The highest BCUT2D eigenvalue weighted by atomic mass is 16.6. The highest BCUT2D eigenvalue weighted by molar-refractivity contribution is 6.05. The lowest BCUT2D eigenvalue weighted by Crippen LogP contribution is -2.34. The van der Waals surface area contributed by atoms with E-state index in [2.05, 4.69) is 10.5 Å². The van der Waals surface area contributed by atoms with E-state index in [1.807, 2.05) is 0 Å². The quantitative estimate of drug-likeness (QED) is 0.661. The van der Waals surface area contributed by atoms with Gasteiger partial charge in [0.15, 0.2) is 5.58 Å². The molecule has 0 aliphatic carbocycles. The summed E-state index contributed by atoms with van der Waals surface area (Å²) in [5.74, 6) is -0.350. The Morgan fingerprint density at radius 2 is 2.04 bits per heavy atom. The number of fused-ring (bicyclic) bond motifs is 1. The normalized spacial score (nSPS) is 11.2. The molecule has 24 heavy (non-hydrogen) atoms. The number of rotatable bonds is 5. The van der Waals surface area contributed by atoms with Crippen LogP contribution in [0.3, 0.4) is 0 Å². The van der Waals surface area contributed by atoms with E-state index in [0.717, 1.165) is 0 Å². The number of alkyl carbamates (subject to hydrolysis) is 1. The van der Waals surface area contributed by atoms with Crippen molar-refractivity contribution in [2.24, 2.45) is 0 Å². The number of carbonyl (C=O) groups excluding carboxylic acids is 2. The van der Waals surface area contributed by atoms with E-state index in [-0.39, 0.29) is 19.0 Å². The van der Waals surface area contributed by atoms with Gasteiger partial charge in [-0.25, -0.2) is 9.59 Å². The van der Waals surface area contributed by atoms with Crippen LogP contribution in [-0.2, 0) is 9.47 Å². The van der Waals surface area contributed by atoms with Crippen LogP contribution in [0.4, 0.5) is 4.79 Å². The van der Waals surface area contributed by atoms with Gasteiger partial charge in [-0.15, -0.1) is 0 Å². The van der Waals surface area contributed by atoms with E-state index in [0.29, 0.717) is 16.5 Å². The maximum atomic E-state index is 11.8. The molecule has 0 atom stereocenters. The van der Waals surface area contributed by atoms with Crippen molar-refractivity contribution in [3.05, 3.63) is 23.8 Å². The van der Waals surface area contributed by atoms with Crippen molar-refractivity contribution in [2.75, 3.05) is 20.3 Å². The Bertz CT molecular complexity index is 732. The third kappa shape index (κ3) is 4.37. The summed E-state index contributed by atoms with van der Waals surface area (Å²) in [6.45, 7) is 5.68. The van der Waals surface area contributed by atoms with E-state index in [4.69, 9.17) is 18.7 Å². The standard InChI is InChI=1S/C16H20N2O6/c1-16(2,3)23-15(20)17-8-9-22-13-12-10(14(19)21-4)6-5-7-11(12)24-18-13/h5-7H,8-9H2,1-4H3,(H,17,20). The van der Waals surface area contributed by atoms with Crippen LogP contribution in [0.15, 0.2) is 22.7 Å². The number of hydrogen-bond donors (Lipinski definition) is 1. The Balaban J connectivity index is 1.99. The first-order valence-electron chi connectivity index (χ1n) is 7.38. The van der Waals surface area contributed by atoms with Gasteiger partial charge in [0.2, 0.25) is 0 Å². The first-order chi connectivity index (χ1) is 11.3. The van der Waals surface area contributed by atoms with Gasteiger partial charge >= 0.3 is 12.1 Å². The summed E-state index contributed by atoms with van der Waals surface area (Å²) in [6.07, 6.45) is -0.536. The molecule has 1 N–H and O–H groups in total. The van der Waals surface area contributed by atoms with E-state index in [9.17, 15) is 9.59 Å². The predicted molar refractivity (Wildman–Crippen MR) is 85.1 cm³/mol. The van der Waals surface area contributed by atoms with Gasteiger partial charge in [-0.05, 0) is 38.1 Å². The molecule has 1 aromatic carbocycles. The number of carbonyl (C=O) groups is 2. The van der Waals surface area contributed by atoms with Crippen molar-refractivity contribution in [3.8, 4) is 5.88 Å². The number of ether oxygens (including phenoxy) is 3. The van der Waals surface area contributed by atoms with Crippen LogP contribution >= 0.6 is 0 Å². The Kier molecular flexibility index (Phi) is 5.28. The zero-order valence-electron chi connectivity index (χ0n) is 14.0. The van der Waals surface area contributed by atoms with Crippen LogP contribution < -0.4 is 10.1 Å². The van der Waals surface area contributed by atoms with E-state index in [1.165, 1.54) is 7.11 Å². The van der Waals surface area contributed by atoms with Gasteiger partial charge in [-0.3, -0.25) is 0 Å². The summed E-state index contributed by atoms with van der Waals surface area (Å²) >= 11 is 0.